The number of ether oxygens (including phenoxy) is 2. The molecule has 1 aromatic rings. The first kappa shape index (κ1) is 18.3. The van der Waals surface area contributed by atoms with Crippen LogP contribution >= 0.6 is 0 Å². The van der Waals surface area contributed by atoms with Crippen LogP contribution in [0.1, 0.15) is 38.1 Å². The number of carbonyl (C=O) groups is 1. The number of hydrogen-bond acceptors (Lipinski definition) is 3. The first-order valence-electron chi connectivity index (χ1n) is 6.32. The molecule has 22 heavy (non-hydrogen) atoms. The summed E-state index contributed by atoms with van der Waals surface area (Å²) >= 11 is 0. The summed E-state index contributed by atoms with van der Waals surface area (Å²) in [5, 5.41) is 0. The van der Waals surface area contributed by atoms with Crippen molar-refractivity contribution >= 4 is 5.97 Å². The van der Waals surface area contributed by atoms with Crippen LogP contribution in [0.5, 0.6) is 0 Å². The van der Waals surface area contributed by atoms with Crippen molar-refractivity contribution in [2.24, 2.45) is 0 Å². The van der Waals surface area contributed by atoms with Crippen LogP contribution in [-0.2, 0) is 9.47 Å². The summed E-state index contributed by atoms with van der Waals surface area (Å²) in [7, 11) is 0. The maximum absolute atomic E-state index is 13.4. The molecule has 1 atom stereocenters. The molecule has 0 heterocycles. The molecule has 1 rings (SSSR count). The topological polar surface area (TPSA) is 35.5 Å². The number of benzene rings is 1. The lowest BCUT2D eigenvalue weighted by molar-refractivity contribution is -0.0534. The van der Waals surface area contributed by atoms with Gasteiger partial charge in [0.1, 0.15) is 11.7 Å². The van der Waals surface area contributed by atoms with Crippen LogP contribution in [0, 0.1) is 29.1 Å². The third-order valence-corrected chi connectivity index (χ3v) is 2.47. The Kier molecular flexibility index (Phi) is 5.50. The second kappa shape index (κ2) is 6.60. The normalized spacial score (nSPS) is 13.1. The van der Waals surface area contributed by atoms with E-state index >= 15 is 0 Å². The Morgan fingerprint density at radius 1 is 0.955 bits per heavy atom. The summed E-state index contributed by atoms with van der Waals surface area (Å²) in [5.41, 5.74) is -2.18. The smallest absolute Gasteiger partial charge is 0.344 e. The molecule has 124 valence electrons. The SMILES string of the molecule is CC(COC(C)(C)C)OC(=O)c1c(F)c(F)c(F)c(F)c1F. The van der Waals surface area contributed by atoms with E-state index in [1.54, 1.807) is 20.8 Å². The quantitative estimate of drug-likeness (QED) is 0.366. The fourth-order valence-electron chi connectivity index (χ4n) is 1.43. The van der Waals surface area contributed by atoms with Crippen LogP contribution < -0.4 is 0 Å². The van der Waals surface area contributed by atoms with E-state index in [2.05, 4.69) is 4.74 Å². The number of halogens is 5. The summed E-state index contributed by atoms with van der Waals surface area (Å²) in [6.07, 6.45) is -0.943. The third kappa shape index (κ3) is 4.16. The van der Waals surface area contributed by atoms with Crippen LogP contribution in [0.4, 0.5) is 22.0 Å². The van der Waals surface area contributed by atoms with Crippen molar-refractivity contribution in [1.29, 1.82) is 0 Å². The van der Waals surface area contributed by atoms with Crippen LogP contribution in [0.25, 0.3) is 0 Å². The molecule has 0 aliphatic carbocycles. The Labute approximate surface area is 124 Å². The second-order valence-electron chi connectivity index (χ2n) is 5.58. The predicted octanol–water partition coefficient (Wildman–Crippen LogP) is 3.74. The molecule has 0 saturated carbocycles. The minimum absolute atomic E-state index is 0.107. The molecule has 0 radical (unpaired) electrons. The lowest BCUT2D eigenvalue weighted by Crippen LogP contribution is -2.28. The number of rotatable bonds is 4. The van der Waals surface area contributed by atoms with E-state index in [4.69, 9.17) is 4.74 Å². The Balaban J connectivity index is 2.96. The summed E-state index contributed by atoms with van der Waals surface area (Å²) in [5.74, 6) is -12.9. The van der Waals surface area contributed by atoms with Gasteiger partial charge in [-0.2, -0.15) is 0 Å². The second-order valence-corrected chi connectivity index (χ2v) is 5.58. The van der Waals surface area contributed by atoms with Crippen molar-refractivity contribution in [2.75, 3.05) is 6.61 Å². The van der Waals surface area contributed by atoms with Crippen LogP contribution in [0.2, 0.25) is 0 Å². The Morgan fingerprint density at radius 2 is 1.36 bits per heavy atom. The van der Waals surface area contributed by atoms with E-state index in [1.807, 2.05) is 0 Å². The Morgan fingerprint density at radius 3 is 1.77 bits per heavy atom. The third-order valence-electron chi connectivity index (χ3n) is 2.47. The van der Waals surface area contributed by atoms with Crippen LogP contribution in [0.15, 0.2) is 0 Å². The monoisotopic (exact) mass is 326 g/mol. The fourth-order valence-corrected chi connectivity index (χ4v) is 1.43. The van der Waals surface area contributed by atoms with E-state index in [0.29, 0.717) is 0 Å². The van der Waals surface area contributed by atoms with E-state index in [-0.39, 0.29) is 6.61 Å². The van der Waals surface area contributed by atoms with Crippen molar-refractivity contribution < 1.29 is 36.2 Å². The molecule has 1 aromatic carbocycles. The van der Waals surface area contributed by atoms with Crippen molar-refractivity contribution in [3.8, 4) is 0 Å². The average molecular weight is 326 g/mol. The van der Waals surface area contributed by atoms with Crippen molar-refractivity contribution in [3.63, 3.8) is 0 Å². The zero-order valence-electron chi connectivity index (χ0n) is 12.4. The van der Waals surface area contributed by atoms with Gasteiger partial charge in [0, 0.05) is 0 Å². The van der Waals surface area contributed by atoms with Gasteiger partial charge in [-0.1, -0.05) is 0 Å². The molecule has 3 nitrogen and oxygen atoms in total. The maximum atomic E-state index is 13.4. The molecule has 0 amide bonds. The lowest BCUT2D eigenvalue weighted by Gasteiger charge is -2.22. The molecular weight excluding hydrogens is 311 g/mol. The van der Waals surface area contributed by atoms with Gasteiger partial charge in [-0.15, -0.1) is 0 Å². The summed E-state index contributed by atoms with van der Waals surface area (Å²) in [4.78, 5) is 11.6. The van der Waals surface area contributed by atoms with E-state index in [1.165, 1.54) is 6.92 Å². The van der Waals surface area contributed by atoms with E-state index in [9.17, 15) is 26.7 Å². The van der Waals surface area contributed by atoms with Crippen molar-refractivity contribution in [2.45, 2.75) is 39.4 Å². The highest BCUT2D eigenvalue weighted by molar-refractivity contribution is 5.90. The highest BCUT2D eigenvalue weighted by Gasteiger charge is 2.31. The highest BCUT2D eigenvalue weighted by atomic mass is 19.2. The molecule has 0 fully saturated rings. The molecule has 0 aliphatic heterocycles. The Bertz CT molecular complexity index is 552. The average Bonchev–Trinajstić information content (AvgIpc) is 2.40. The highest BCUT2D eigenvalue weighted by Crippen LogP contribution is 2.24. The molecule has 0 aromatic heterocycles. The van der Waals surface area contributed by atoms with Gasteiger partial charge in [0.05, 0.1) is 12.2 Å². The summed E-state index contributed by atoms with van der Waals surface area (Å²) in [6.45, 7) is 6.43. The van der Waals surface area contributed by atoms with Crippen LogP contribution in [-0.4, -0.2) is 24.3 Å². The summed E-state index contributed by atoms with van der Waals surface area (Å²) in [6, 6.07) is 0. The standard InChI is InChI=1S/C14H15F5O3/c1-6(5-21-14(2,3)4)22-13(20)7-8(15)10(17)12(19)11(18)9(7)16/h6H,5H2,1-4H3. The number of carbonyl (C=O) groups excluding carboxylic acids is 1. The molecule has 0 spiro atoms. The van der Waals surface area contributed by atoms with Gasteiger partial charge in [-0.3, -0.25) is 0 Å². The molecule has 0 N–H and O–H groups in total. The van der Waals surface area contributed by atoms with Gasteiger partial charge in [0.2, 0.25) is 5.82 Å². The fraction of sp³-hybridized carbons (Fsp3) is 0.500. The van der Waals surface area contributed by atoms with Gasteiger partial charge < -0.3 is 9.47 Å². The maximum Gasteiger partial charge on any atom is 0.344 e. The molecule has 1 unspecified atom stereocenters. The minimum atomic E-state index is -2.34. The molecular formula is C14H15F5O3. The van der Waals surface area contributed by atoms with Crippen LogP contribution in [0.3, 0.4) is 0 Å². The lowest BCUT2D eigenvalue weighted by atomic mass is 10.1. The number of esters is 1. The molecule has 8 heteroatoms. The predicted molar refractivity (Wildman–Crippen MR) is 66.8 cm³/mol. The van der Waals surface area contributed by atoms with Crippen molar-refractivity contribution in [1.82, 2.24) is 0 Å². The van der Waals surface area contributed by atoms with Gasteiger partial charge in [0.25, 0.3) is 0 Å². The zero-order valence-corrected chi connectivity index (χ0v) is 12.4. The van der Waals surface area contributed by atoms with Gasteiger partial charge >= 0.3 is 5.97 Å². The molecule has 0 saturated heterocycles. The zero-order chi connectivity index (χ0) is 17.2. The van der Waals surface area contributed by atoms with E-state index < -0.39 is 52.3 Å². The molecule has 0 aliphatic rings. The largest absolute Gasteiger partial charge is 0.456 e. The van der Waals surface area contributed by atoms with Crippen molar-refractivity contribution in [3.05, 3.63) is 34.6 Å². The van der Waals surface area contributed by atoms with Gasteiger partial charge in [0.15, 0.2) is 23.3 Å². The van der Waals surface area contributed by atoms with E-state index in [0.717, 1.165) is 0 Å². The minimum Gasteiger partial charge on any atom is -0.456 e. The first-order valence-corrected chi connectivity index (χ1v) is 6.32. The molecule has 0 bridgehead atoms. The Hall–Kier alpha value is -1.70. The number of hydrogen-bond donors (Lipinski definition) is 0. The first-order chi connectivity index (χ1) is 9.95. The van der Waals surface area contributed by atoms with Gasteiger partial charge in [-0.05, 0) is 27.7 Å². The van der Waals surface area contributed by atoms with Gasteiger partial charge in [-0.25, -0.2) is 26.7 Å². The summed E-state index contributed by atoms with van der Waals surface area (Å²) < 4.78 is 75.7.